The van der Waals surface area contributed by atoms with E-state index in [4.69, 9.17) is 5.26 Å². The van der Waals surface area contributed by atoms with Crippen LogP contribution in [0.2, 0.25) is 4.82 Å². The zero-order chi connectivity index (χ0) is 10.4. The first kappa shape index (κ1) is 11.3. The van der Waals surface area contributed by atoms with E-state index in [1.807, 2.05) is 30.3 Å². The second kappa shape index (κ2) is 5.82. The molecule has 0 aromatic heterocycles. The molecule has 0 fully saturated rings. The number of nitriles is 1. The van der Waals surface area contributed by atoms with Gasteiger partial charge in [0, 0.05) is 0 Å². The molecule has 0 aliphatic rings. The second-order valence-electron chi connectivity index (χ2n) is 3.07. The van der Waals surface area contributed by atoms with E-state index in [9.17, 15) is 5.11 Å². The molecule has 0 aliphatic heterocycles. The molecule has 74 valence electrons. The second-order valence-corrected chi connectivity index (χ2v) is 5.83. The molecule has 3 heteroatoms. The molecular formula is C11H13NOSe. The quantitative estimate of drug-likeness (QED) is 0.818. The van der Waals surface area contributed by atoms with Gasteiger partial charge < -0.3 is 0 Å². The van der Waals surface area contributed by atoms with Crippen LogP contribution in [0.4, 0.5) is 0 Å². The predicted octanol–water partition coefficient (Wildman–Crippen LogP) is 1.10. The van der Waals surface area contributed by atoms with Gasteiger partial charge in [-0.1, -0.05) is 0 Å². The first-order valence-electron chi connectivity index (χ1n) is 4.50. The summed E-state index contributed by atoms with van der Waals surface area (Å²) < 4.78 is 1.24. The van der Waals surface area contributed by atoms with E-state index in [0.717, 1.165) is 0 Å². The van der Waals surface area contributed by atoms with Crippen molar-refractivity contribution in [2.45, 2.75) is 24.3 Å². The molecule has 1 aromatic carbocycles. The van der Waals surface area contributed by atoms with Gasteiger partial charge in [-0.15, -0.1) is 0 Å². The third kappa shape index (κ3) is 3.51. The molecular weight excluding hydrogens is 241 g/mol. The monoisotopic (exact) mass is 255 g/mol. The number of benzene rings is 1. The van der Waals surface area contributed by atoms with Gasteiger partial charge in [-0.3, -0.25) is 0 Å². The summed E-state index contributed by atoms with van der Waals surface area (Å²) in [5.41, 5.74) is 0. The van der Waals surface area contributed by atoms with Gasteiger partial charge in [-0.05, 0) is 0 Å². The molecule has 1 aromatic rings. The van der Waals surface area contributed by atoms with Crippen LogP contribution in [0.1, 0.15) is 13.3 Å². The first-order valence-corrected chi connectivity index (χ1v) is 6.35. The van der Waals surface area contributed by atoms with Crippen LogP contribution in [0, 0.1) is 11.3 Å². The van der Waals surface area contributed by atoms with Crippen LogP contribution in [0.5, 0.6) is 0 Å². The molecule has 0 radical (unpaired) electrons. The van der Waals surface area contributed by atoms with Crippen LogP contribution in [-0.4, -0.2) is 26.2 Å². The van der Waals surface area contributed by atoms with Crippen LogP contribution in [-0.2, 0) is 0 Å². The van der Waals surface area contributed by atoms with Crippen molar-refractivity contribution in [1.29, 1.82) is 5.26 Å². The van der Waals surface area contributed by atoms with Crippen molar-refractivity contribution in [1.82, 2.24) is 0 Å². The van der Waals surface area contributed by atoms with E-state index < -0.39 is 6.10 Å². The van der Waals surface area contributed by atoms with Gasteiger partial charge in [-0.2, -0.15) is 0 Å². The Kier molecular flexibility index (Phi) is 4.69. The van der Waals surface area contributed by atoms with Gasteiger partial charge in [0.15, 0.2) is 0 Å². The molecule has 1 N–H and O–H groups in total. The zero-order valence-electron chi connectivity index (χ0n) is 8.05. The fourth-order valence-corrected chi connectivity index (χ4v) is 3.21. The SMILES string of the molecule is C[C@H](O)[C@@H](CC#N)[Se]c1ccccc1. The van der Waals surface area contributed by atoms with Crippen molar-refractivity contribution >= 4 is 19.4 Å². The molecule has 0 heterocycles. The number of rotatable bonds is 4. The average Bonchev–Trinajstić information content (AvgIpc) is 2.18. The Morgan fingerprint density at radius 3 is 2.57 bits per heavy atom. The molecule has 2 atom stereocenters. The van der Waals surface area contributed by atoms with Gasteiger partial charge >= 0.3 is 90.5 Å². The van der Waals surface area contributed by atoms with E-state index in [1.165, 1.54) is 4.46 Å². The molecule has 1 rings (SSSR count). The Hall–Kier alpha value is -0.811. The minimum atomic E-state index is -0.394. The Morgan fingerprint density at radius 1 is 1.43 bits per heavy atom. The molecule has 0 bridgehead atoms. The summed E-state index contributed by atoms with van der Waals surface area (Å²) in [6.07, 6.45) is 0.0434. The number of aliphatic hydroxyl groups excluding tert-OH is 1. The number of hydrogen-bond acceptors (Lipinski definition) is 2. The van der Waals surface area contributed by atoms with Crippen molar-refractivity contribution in [3.63, 3.8) is 0 Å². The Bertz CT molecular complexity index is 305. The third-order valence-corrected chi connectivity index (χ3v) is 4.81. The van der Waals surface area contributed by atoms with Gasteiger partial charge in [0.2, 0.25) is 0 Å². The van der Waals surface area contributed by atoms with Crippen molar-refractivity contribution < 1.29 is 5.11 Å². The maximum atomic E-state index is 9.47. The predicted molar refractivity (Wildman–Crippen MR) is 57.5 cm³/mol. The van der Waals surface area contributed by atoms with Gasteiger partial charge in [-0.25, -0.2) is 0 Å². The molecule has 0 aliphatic carbocycles. The minimum absolute atomic E-state index is 0.106. The third-order valence-electron chi connectivity index (χ3n) is 1.86. The van der Waals surface area contributed by atoms with Crippen LogP contribution in [0.15, 0.2) is 30.3 Å². The molecule has 0 spiro atoms. The molecule has 0 saturated carbocycles. The van der Waals surface area contributed by atoms with E-state index >= 15 is 0 Å². The molecule has 14 heavy (non-hydrogen) atoms. The normalized spacial score (nSPS) is 14.4. The number of aliphatic hydroxyl groups is 1. The fraction of sp³-hybridized carbons (Fsp3) is 0.364. The standard InChI is InChI=1S/C11H13NOSe/c1-9(13)11(7-8-12)14-10-5-3-2-4-6-10/h2-6,9,11,13H,7H2,1H3/t9-,11+/m0/s1. The van der Waals surface area contributed by atoms with Gasteiger partial charge in [0.05, 0.1) is 0 Å². The fourth-order valence-electron chi connectivity index (χ4n) is 1.07. The van der Waals surface area contributed by atoms with E-state index in [-0.39, 0.29) is 19.8 Å². The summed E-state index contributed by atoms with van der Waals surface area (Å²) in [4.78, 5) is 0.106. The summed E-state index contributed by atoms with van der Waals surface area (Å²) in [6.45, 7) is 1.76. The molecule has 0 saturated heterocycles. The summed E-state index contributed by atoms with van der Waals surface area (Å²) in [7, 11) is 0. The Balaban J connectivity index is 2.61. The van der Waals surface area contributed by atoms with Crippen molar-refractivity contribution in [2.24, 2.45) is 0 Å². The molecule has 2 nitrogen and oxygen atoms in total. The van der Waals surface area contributed by atoms with Crippen LogP contribution >= 0.6 is 0 Å². The van der Waals surface area contributed by atoms with Crippen molar-refractivity contribution in [3.8, 4) is 6.07 Å². The summed E-state index contributed by atoms with van der Waals surface area (Å²) in [5.74, 6) is 0. The summed E-state index contributed by atoms with van der Waals surface area (Å²) >= 11 is 0.186. The summed E-state index contributed by atoms with van der Waals surface area (Å²) in [5, 5.41) is 18.1. The Labute approximate surface area is 90.7 Å². The van der Waals surface area contributed by atoms with Crippen molar-refractivity contribution in [3.05, 3.63) is 30.3 Å². The van der Waals surface area contributed by atoms with Crippen LogP contribution < -0.4 is 4.46 Å². The maximum absolute atomic E-state index is 9.47. The van der Waals surface area contributed by atoms with E-state index in [2.05, 4.69) is 6.07 Å². The number of hydrogen-bond donors (Lipinski definition) is 1. The first-order chi connectivity index (χ1) is 6.74. The van der Waals surface area contributed by atoms with Crippen molar-refractivity contribution in [2.75, 3.05) is 0 Å². The van der Waals surface area contributed by atoms with Crippen LogP contribution in [0.25, 0.3) is 0 Å². The number of nitrogens with zero attached hydrogens (tertiary/aromatic N) is 1. The topological polar surface area (TPSA) is 44.0 Å². The summed E-state index contributed by atoms with van der Waals surface area (Å²) in [6, 6.07) is 12.2. The zero-order valence-corrected chi connectivity index (χ0v) is 9.76. The van der Waals surface area contributed by atoms with Crippen LogP contribution in [0.3, 0.4) is 0 Å². The van der Waals surface area contributed by atoms with E-state index in [0.29, 0.717) is 6.42 Å². The molecule has 0 unspecified atom stereocenters. The molecule has 0 amide bonds. The van der Waals surface area contributed by atoms with Gasteiger partial charge in [0.25, 0.3) is 0 Å². The van der Waals surface area contributed by atoms with E-state index in [1.54, 1.807) is 6.92 Å². The van der Waals surface area contributed by atoms with Gasteiger partial charge in [0.1, 0.15) is 0 Å². The Morgan fingerprint density at radius 2 is 2.07 bits per heavy atom. The average molecular weight is 254 g/mol.